The Morgan fingerprint density at radius 3 is 2.71 bits per heavy atom. The van der Waals surface area contributed by atoms with Crippen LogP contribution in [0.3, 0.4) is 0 Å². The van der Waals surface area contributed by atoms with Crippen LogP contribution in [0.2, 0.25) is 0 Å². The fourth-order valence-corrected chi connectivity index (χ4v) is 2.32. The Hall–Kier alpha value is -2.56. The van der Waals surface area contributed by atoms with E-state index in [2.05, 4.69) is 46.5 Å². The fraction of sp³-hybridized carbons (Fsp3) is 0.250. The Bertz CT molecular complexity index is 762. The highest BCUT2D eigenvalue weighted by Crippen LogP contribution is 2.26. The normalized spacial score (nSPS) is 11.0. The summed E-state index contributed by atoms with van der Waals surface area (Å²) in [5.74, 6) is 0.776. The number of aryl methyl sites for hydroxylation is 3. The van der Waals surface area contributed by atoms with Gasteiger partial charge in [0.05, 0.1) is 10.9 Å². The summed E-state index contributed by atoms with van der Waals surface area (Å²) in [7, 11) is 1.77. The van der Waals surface area contributed by atoms with Gasteiger partial charge in [-0.25, -0.2) is 9.97 Å². The SMILES string of the molecule is CNc1ncc2c(O)n(CCc3ccc(C)cc3)cc2n1. The van der Waals surface area contributed by atoms with Gasteiger partial charge in [0.2, 0.25) is 11.8 Å². The maximum atomic E-state index is 10.2. The molecule has 0 saturated carbocycles. The van der Waals surface area contributed by atoms with Crippen molar-refractivity contribution in [2.24, 2.45) is 0 Å². The third kappa shape index (κ3) is 2.67. The van der Waals surface area contributed by atoms with Crippen molar-refractivity contribution >= 4 is 16.9 Å². The minimum atomic E-state index is 0.222. The third-order valence-corrected chi connectivity index (χ3v) is 3.59. The minimum absolute atomic E-state index is 0.222. The molecule has 3 rings (SSSR count). The number of anilines is 1. The smallest absolute Gasteiger partial charge is 0.223 e. The van der Waals surface area contributed by atoms with Crippen LogP contribution in [0.5, 0.6) is 5.88 Å². The van der Waals surface area contributed by atoms with Crippen molar-refractivity contribution in [1.82, 2.24) is 14.5 Å². The highest BCUT2D eigenvalue weighted by atomic mass is 16.3. The van der Waals surface area contributed by atoms with Crippen LogP contribution in [-0.2, 0) is 13.0 Å². The van der Waals surface area contributed by atoms with Crippen LogP contribution in [0.15, 0.2) is 36.7 Å². The van der Waals surface area contributed by atoms with Crippen LogP contribution in [0.25, 0.3) is 10.9 Å². The molecule has 0 unspecified atom stereocenters. The average Bonchev–Trinajstić information content (AvgIpc) is 2.82. The summed E-state index contributed by atoms with van der Waals surface area (Å²) in [6.45, 7) is 2.78. The fourth-order valence-electron chi connectivity index (χ4n) is 2.32. The van der Waals surface area contributed by atoms with Gasteiger partial charge in [-0.1, -0.05) is 29.8 Å². The molecule has 0 atom stereocenters. The van der Waals surface area contributed by atoms with Crippen molar-refractivity contribution in [3.05, 3.63) is 47.8 Å². The van der Waals surface area contributed by atoms with Crippen molar-refractivity contribution in [3.63, 3.8) is 0 Å². The second kappa shape index (κ2) is 5.44. The van der Waals surface area contributed by atoms with E-state index in [4.69, 9.17) is 0 Å². The number of rotatable bonds is 4. The van der Waals surface area contributed by atoms with E-state index in [1.807, 2.05) is 10.8 Å². The lowest BCUT2D eigenvalue weighted by molar-refractivity contribution is 0.422. The number of fused-ring (bicyclic) bond motifs is 1. The quantitative estimate of drug-likeness (QED) is 0.772. The summed E-state index contributed by atoms with van der Waals surface area (Å²) < 4.78 is 1.82. The number of benzene rings is 1. The molecule has 0 spiro atoms. The molecule has 21 heavy (non-hydrogen) atoms. The van der Waals surface area contributed by atoms with Gasteiger partial charge in [0.15, 0.2) is 0 Å². The molecular weight excluding hydrogens is 264 g/mol. The molecule has 0 aliphatic heterocycles. The first-order chi connectivity index (χ1) is 10.2. The predicted molar refractivity (Wildman–Crippen MR) is 83.6 cm³/mol. The lowest BCUT2D eigenvalue weighted by Crippen LogP contribution is -1.99. The van der Waals surface area contributed by atoms with Crippen molar-refractivity contribution in [3.8, 4) is 5.88 Å². The van der Waals surface area contributed by atoms with Crippen LogP contribution >= 0.6 is 0 Å². The van der Waals surface area contributed by atoms with Gasteiger partial charge in [-0.2, -0.15) is 0 Å². The molecule has 5 heteroatoms. The van der Waals surface area contributed by atoms with Gasteiger partial charge in [0, 0.05) is 26.0 Å². The van der Waals surface area contributed by atoms with Crippen LogP contribution in [0, 0.1) is 6.92 Å². The first-order valence-corrected chi connectivity index (χ1v) is 6.95. The lowest BCUT2D eigenvalue weighted by Gasteiger charge is -2.05. The molecule has 1 aromatic carbocycles. The Kier molecular flexibility index (Phi) is 3.48. The van der Waals surface area contributed by atoms with Crippen LogP contribution in [0.1, 0.15) is 11.1 Å². The highest BCUT2D eigenvalue weighted by Gasteiger charge is 2.10. The van der Waals surface area contributed by atoms with Gasteiger partial charge >= 0.3 is 0 Å². The zero-order valence-electron chi connectivity index (χ0n) is 12.2. The van der Waals surface area contributed by atoms with Gasteiger partial charge in [0.25, 0.3) is 0 Å². The molecule has 0 amide bonds. The Morgan fingerprint density at radius 2 is 2.00 bits per heavy atom. The Labute approximate surface area is 123 Å². The zero-order valence-corrected chi connectivity index (χ0v) is 12.2. The molecule has 0 radical (unpaired) electrons. The van der Waals surface area contributed by atoms with E-state index in [9.17, 15) is 5.11 Å². The lowest BCUT2D eigenvalue weighted by atomic mass is 10.1. The van der Waals surface area contributed by atoms with E-state index in [1.165, 1.54) is 11.1 Å². The highest BCUT2D eigenvalue weighted by molar-refractivity contribution is 5.84. The minimum Gasteiger partial charge on any atom is -0.494 e. The van der Waals surface area contributed by atoms with Crippen LogP contribution in [0.4, 0.5) is 5.95 Å². The van der Waals surface area contributed by atoms with E-state index in [0.29, 0.717) is 17.9 Å². The molecule has 5 nitrogen and oxygen atoms in total. The molecular formula is C16H18N4O. The van der Waals surface area contributed by atoms with E-state index in [1.54, 1.807) is 13.2 Å². The maximum absolute atomic E-state index is 10.2. The van der Waals surface area contributed by atoms with Crippen LogP contribution < -0.4 is 5.32 Å². The topological polar surface area (TPSA) is 63.0 Å². The number of aromatic hydroxyl groups is 1. The van der Waals surface area contributed by atoms with E-state index in [-0.39, 0.29) is 5.88 Å². The number of hydrogen-bond donors (Lipinski definition) is 2. The van der Waals surface area contributed by atoms with Gasteiger partial charge in [-0.3, -0.25) is 0 Å². The first-order valence-electron chi connectivity index (χ1n) is 6.95. The summed E-state index contributed by atoms with van der Waals surface area (Å²) in [6, 6.07) is 8.45. The Balaban J connectivity index is 1.83. The van der Waals surface area contributed by atoms with Gasteiger partial charge in [-0.15, -0.1) is 0 Å². The van der Waals surface area contributed by atoms with Crippen molar-refractivity contribution in [2.75, 3.05) is 12.4 Å². The van der Waals surface area contributed by atoms with Gasteiger partial charge < -0.3 is 15.0 Å². The van der Waals surface area contributed by atoms with Gasteiger partial charge in [0.1, 0.15) is 0 Å². The molecule has 2 heterocycles. The summed E-state index contributed by atoms with van der Waals surface area (Å²) in [5, 5.41) is 13.8. The van der Waals surface area contributed by atoms with E-state index < -0.39 is 0 Å². The largest absolute Gasteiger partial charge is 0.494 e. The molecule has 108 valence electrons. The van der Waals surface area contributed by atoms with Crippen LogP contribution in [-0.4, -0.2) is 26.7 Å². The summed E-state index contributed by atoms with van der Waals surface area (Å²) in [4.78, 5) is 8.47. The summed E-state index contributed by atoms with van der Waals surface area (Å²) in [6.07, 6.45) is 4.37. The molecule has 2 aromatic heterocycles. The third-order valence-electron chi connectivity index (χ3n) is 3.59. The summed E-state index contributed by atoms with van der Waals surface area (Å²) >= 11 is 0. The molecule has 3 aromatic rings. The maximum Gasteiger partial charge on any atom is 0.223 e. The van der Waals surface area contributed by atoms with E-state index >= 15 is 0 Å². The molecule has 2 N–H and O–H groups in total. The number of aromatic nitrogens is 3. The Morgan fingerprint density at radius 1 is 1.24 bits per heavy atom. The van der Waals surface area contributed by atoms with Crippen molar-refractivity contribution < 1.29 is 5.11 Å². The molecule has 0 fully saturated rings. The molecule has 0 aliphatic carbocycles. The molecule has 0 bridgehead atoms. The molecule has 0 aliphatic rings. The first kappa shape index (κ1) is 13.4. The monoisotopic (exact) mass is 282 g/mol. The number of nitrogens with one attached hydrogen (secondary N) is 1. The zero-order chi connectivity index (χ0) is 14.8. The second-order valence-electron chi connectivity index (χ2n) is 5.12. The second-order valence-corrected chi connectivity index (χ2v) is 5.12. The van der Waals surface area contributed by atoms with Gasteiger partial charge in [-0.05, 0) is 18.9 Å². The number of nitrogens with zero attached hydrogens (tertiary/aromatic N) is 3. The van der Waals surface area contributed by atoms with Crippen molar-refractivity contribution in [1.29, 1.82) is 0 Å². The van der Waals surface area contributed by atoms with Crippen molar-refractivity contribution in [2.45, 2.75) is 19.9 Å². The summed E-state index contributed by atoms with van der Waals surface area (Å²) in [5.41, 5.74) is 3.25. The average molecular weight is 282 g/mol. The molecule has 0 saturated heterocycles. The predicted octanol–water partition coefficient (Wildman–Crippen LogP) is 2.73. The van der Waals surface area contributed by atoms with E-state index in [0.717, 1.165) is 11.9 Å². The number of hydrogen-bond acceptors (Lipinski definition) is 4. The standard InChI is InChI=1S/C16H18N4O/c1-11-3-5-12(6-4-11)7-8-20-10-14-13(15(20)21)9-18-16(17-2)19-14/h3-6,9-10,21H,7-8H2,1-2H3,(H,17,19).